The highest BCUT2D eigenvalue weighted by atomic mass is 35.5. The molecule has 3 heterocycles. The first-order chi connectivity index (χ1) is 14.4. The monoisotopic (exact) mass is 448 g/mol. The van der Waals surface area contributed by atoms with Crippen LogP contribution in [0.15, 0.2) is 36.4 Å². The predicted octanol–water partition coefficient (Wildman–Crippen LogP) is 3.99. The molecule has 0 radical (unpaired) electrons. The Labute approximate surface area is 181 Å². The van der Waals surface area contributed by atoms with E-state index in [2.05, 4.69) is 10.00 Å². The number of anilines is 1. The zero-order valence-electron chi connectivity index (χ0n) is 16.9. The van der Waals surface area contributed by atoms with E-state index in [0.717, 1.165) is 54.6 Å². The Kier molecular flexibility index (Phi) is 6.26. The smallest absolute Gasteiger partial charge is 0.264 e. The first kappa shape index (κ1) is 21.1. The average Bonchev–Trinajstić information content (AvgIpc) is 2.88. The summed E-state index contributed by atoms with van der Waals surface area (Å²) in [6.45, 7) is 2.37. The van der Waals surface area contributed by atoms with E-state index in [1.807, 2.05) is 36.4 Å². The molecule has 7 nitrogen and oxygen atoms in total. The van der Waals surface area contributed by atoms with Crippen molar-refractivity contribution in [3.63, 3.8) is 0 Å². The van der Waals surface area contributed by atoms with Gasteiger partial charge >= 0.3 is 0 Å². The van der Waals surface area contributed by atoms with Gasteiger partial charge in [-0.05, 0) is 42.7 Å². The molecular formula is C21H25ClN4O3S. The molecule has 1 aromatic carbocycles. The maximum absolute atomic E-state index is 11.5. The number of nitrogens with zero attached hydrogens (tertiary/aromatic N) is 4. The van der Waals surface area contributed by atoms with Crippen LogP contribution < -0.4 is 4.90 Å². The lowest BCUT2D eigenvalue weighted by atomic mass is 10.2. The molecule has 1 aliphatic rings. The van der Waals surface area contributed by atoms with Crippen LogP contribution in [-0.2, 0) is 27.5 Å². The molecule has 160 valence electrons. The van der Waals surface area contributed by atoms with Crippen molar-refractivity contribution in [1.82, 2.24) is 14.8 Å². The molecule has 1 fully saturated rings. The van der Waals surface area contributed by atoms with Gasteiger partial charge in [0.2, 0.25) is 0 Å². The van der Waals surface area contributed by atoms with Crippen molar-refractivity contribution < 1.29 is 12.6 Å². The van der Waals surface area contributed by atoms with Gasteiger partial charge in [-0.25, -0.2) is 9.67 Å². The highest BCUT2D eigenvalue weighted by Crippen LogP contribution is 2.25. The van der Waals surface area contributed by atoms with E-state index in [9.17, 15) is 8.42 Å². The number of halogens is 1. The number of hydrogen-bond acceptors (Lipinski definition) is 6. The van der Waals surface area contributed by atoms with E-state index in [-0.39, 0.29) is 6.61 Å². The highest BCUT2D eigenvalue weighted by molar-refractivity contribution is 7.85. The second kappa shape index (κ2) is 8.91. The molecule has 4 rings (SSSR count). The van der Waals surface area contributed by atoms with E-state index in [1.165, 1.54) is 12.8 Å². The molecule has 2 aromatic heterocycles. The lowest BCUT2D eigenvalue weighted by Gasteiger charge is -2.21. The Morgan fingerprint density at radius 3 is 2.40 bits per heavy atom. The Morgan fingerprint density at radius 2 is 1.73 bits per heavy atom. The van der Waals surface area contributed by atoms with Gasteiger partial charge in [-0.1, -0.05) is 36.6 Å². The summed E-state index contributed by atoms with van der Waals surface area (Å²) >= 11 is 6.00. The van der Waals surface area contributed by atoms with E-state index in [4.69, 9.17) is 20.8 Å². The van der Waals surface area contributed by atoms with Gasteiger partial charge in [-0.3, -0.25) is 4.18 Å². The van der Waals surface area contributed by atoms with Crippen molar-refractivity contribution in [2.45, 2.75) is 38.8 Å². The highest BCUT2D eigenvalue weighted by Gasteiger charge is 2.18. The van der Waals surface area contributed by atoms with Crippen LogP contribution in [0.25, 0.3) is 11.0 Å². The molecule has 3 aromatic rings. The minimum atomic E-state index is -3.57. The van der Waals surface area contributed by atoms with Gasteiger partial charge in [-0.15, -0.1) is 0 Å². The average molecular weight is 449 g/mol. The first-order valence-electron chi connectivity index (χ1n) is 10.1. The third kappa shape index (κ3) is 5.11. The fourth-order valence-corrected chi connectivity index (χ4v) is 4.18. The number of benzene rings is 1. The molecular weight excluding hydrogens is 424 g/mol. The lowest BCUT2D eigenvalue weighted by Crippen LogP contribution is -2.24. The Morgan fingerprint density at radius 1 is 1.03 bits per heavy atom. The van der Waals surface area contributed by atoms with Gasteiger partial charge in [-0.2, -0.15) is 13.5 Å². The normalized spacial score (nSPS) is 15.5. The fourth-order valence-electron chi connectivity index (χ4n) is 3.73. The fraction of sp³-hybridized carbons (Fsp3) is 0.429. The third-order valence-electron chi connectivity index (χ3n) is 5.24. The summed E-state index contributed by atoms with van der Waals surface area (Å²) in [6, 6.07) is 11.5. The molecule has 0 saturated carbocycles. The standard InChI is InChI=1S/C21H25ClN4O3S/c1-30(27,28)29-15-19-18-10-11-20(25-12-4-2-3-5-13-25)23-21(18)26(24-19)14-16-6-8-17(22)9-7-16/h6-11H,2-5,12-15H2,1H3. The summed E-state index contributed by atoms with van der Waals surface area (Å²) in [4.78, 5) is 7.23. The van der Waals surface area contributed by atoms with E-state index >= 15 is 0 Å². The minimum Gasteiger partial charge on any atom is -0.357 e. The van der Waals surface area contributed by atoms with Gasteiger partial charge < -0.3 is 4.90 Å². The number of pyridine rings is 1. The third-order valence-corrected chi connectivity index (χ3v) is 6.04. The maximum atomic E-state index is 11.5. The zero-order chi connectivity index (χ0) is 21.1. The van der Waals surface area contributed by atoms with Crippen LogP contribution in [0, 0.1) is 0 Å². The van der Waals surface area contributed by atoms with Gasteiger partial charge in [0.1, 0.15) is 12.4 Å². The molecule has 1 saturated heterocycles. The van der Waals surface area contributed by atoms with Crippen molar-refractivity contribution in [2.75, 3.05) is 24.2 Å². The second-order valence-electron chi connectivity index (χ2n) is 7.64. The van der Waals surface area contributed by atoms with Gasteiger partial charge in [0.05, 0.1) is 18.5 Å². The van der Waals surface area contributed by atoms with Gasteiger partial charge in [0.15, 0.2) is 5.65 Å². The second-order valence-corrected chi connectivity index (χ2v) is 9.72. The van der Waals surface area contributed by atoms with Crippen molar-refractivity contribution in [2.24, 2.45) is 0 Å². The quantitative estimate of drug-likeness (QED) is 0.530. The topological polar surface area (TPSA) is 77.3 Å². The lowest BCUT2D eigenvalue weighted by molar-refractivity contribution is 0.307. The van der Waals surface area contributed by atoms with Gasteiger partial charge in [0, 0.05) is 23.5 Å². The van der Waals surface area contributed by atoms with E-state index in [1.54, 1.807) is 4.68 Å². The minimum absolute atomic E-state index is 0.117. The SMILES string of the molecule is CS(=O)(=O)OCc1nn(Cc2ccc(Cl)cc2)c2nc(N3CCCCCC3)ccc12. The number of rotatable bonds is 6. The van der Waals surface area contributed by atoms with E-state index in [0.29, 0.717) is 17.3 Å². The molecule has 9 heteroatoms. The van der Waals surface area contributed by atoms with Crippen LogP contribution in [0.3, 0.4) is 0 Å². The molecule has 0 spiro atoms. The molecule has 0 aliphatic carbocycles. The van der Waals surface area contributed by atoms with Crippen LogP contribution in [0.5, 0.6) is 0 Å². The predicted molar refractivity (Wildman–Crippen MR) is 118 cm³/mol. The molecule has 0 amide bonds. The summed E-state index contributed by atoms with van der Waals surface area (Å²) in [7, 11) is -3.57. The zero-order valence-corrected chi connectivity index (χ0v) is 18.5. The van der Waals surface area contributed by atoms with Crippen LogP contribution >= 0.6 is 11.6 Å². The molecule has 30 heavy (non-hydrogen) atoms. The molecule has 1 aliphatic heterocycles. The molecule has 0 unspecified atom stereocenters. The van der Waals surface area contributed by atoms with E-state index < -0.39 is 10.1 Å². The molecule has 0 N–H and O–H groups in total. The van der Waals surface area contributed by atoms with Crippen molar-refractivity contribution >= 4 is 38.6 Å². The summed E-state index contributed by atoms with van der Waals surface area (Å²) in [6.07, 6.45) is 5.87. The summed E-state index contributed by atoms with van der Waals surface area (Å²) in [5.41, 5.74) is 2.31. The summed E-state index contributed by atoms with van der Waals surface area (Å²) in [5.74, 6) is 0.928. The van der Waals surface area contributed by atoms with Crippen LogP contribution in [0.4, 0.5) is 5.82 Å². The maximum Gasteiger partial charge on any atom is 0.264 e. The van der Waals surface area contributed by atoms with Crippen molar-refractivity contribution in [3.05, 3.63) is 52.7 Å². The number of aromatic nitrogens is 3. The Balaban J connectivity index is 1.72. The van der Waals surface area contributed by atoms with Gasteiger partial charge in [0.25, 0.3) is 10.1 Å². The Hall–Kier alpha value is -2.16. The largest absolute Gasteiger partial charge is 0.357 e. The summed E-state index contributed by atoms with van der Waals surface area (Å²) in [5, 5.41) is 6.10. The summed E-state index contributed by atoms with van der Waals surface area (Å²) < 4.78 is 29.8. The number of hydrogen-bond donors (Lipinski definition) is 0. The van der Waals surface area contributed by atoms with Crippen LogP contribution in [0.1, 0.15) is 36.9 Å². The van der Waals surface area contributed by atoms with Crippen molar-refractivity contribution in [3.8, 4) is 0 Å². The first-order valence-corrected chi connectivity index (χ1v) is 12.3. The molecule has 0 bridgehead atoms. The molecule has 0 atom stereocenters. The number of fused-ring (bicyclic) bond motifs is 1. The van der Waals surface area contributed by atoms with Crippen LogP contribution in [-0.4, -0.2) is 42.5 Å². The van der Waals surface area contributed by atoms with Crippen molar-refractivity contribution in [1.29, 1.82) is 0 Å². The van der Waals surface area contributed by atoms with Crippen LogP contribution in [0.2, 0.25) is 5.02 Å². The Bertz CT molecular complexity index is 1120.